The monoisotopic (exact) mass is 515 g/mol. The number of benzene rings is 2. The number of alkyl halides is 2. The van der Waals surface area contributed by atoms with Gasteiger partial charge in [-0.15, -0.1) is 6.58 Å². The van der Waals surface area contributed by atoms with Crippen molar-refractivity contribution in [3.63, 3.8) is 0 Å². The molecule has 168 valence electrons. The first-order valence-corrected chi connectivity index (χ1v) is 11.8. The van der Waals surface area contributed by atoms with E-state index in [1.165, 1.54) is 17.0 Å². The van der Waals surface area contributed by atoms with Crippen LogP contribution in [0, 0.1) is 0 Å². The van der Waals surface area contributed by atoms with Crippen molar-refractivity contribution in [2.24, 2.45) is 4.99 Å². The first kappa shape index (κ1) is 24.6. The fourth-order valence-electron chi connectivity index (χ4n) is 2.80. The van der Waals surface area contributed by atoms with E-state index in [2.05, 4.69) is 16.9 Å². The predicted molar refractivity (Wildman–Crippen MR) is 128 cm³/mol. The summed E-state index contributed by atoms with van der Waals surface area (Å²) < 4.78 is 25.0. The molecule has 0 aromatic heterocycles. The van der Waals surface area contributed by atoms with E-state index in [-0.39, 0.29) is 23.9 Å². The highest BCUT2D eigenvalue weighted by molar-refractivity contribution is 8.15. The normalized spacial score (nSPS) is 17.3. The Balaban J connectivity index is 1.73. The van der Waals surface area contributed by atoms with Gasteiger partial charge in [-0.1, -0.05) is 58.9 Å². The lowest BCUT2D eigenvalue weighted by Crippen LogP contribution is -2.33. The number of amidine groups is 1. The third kappa shape index (κ3) is 6.25. The van der Waals surface area contributed by atoms with Crippen LogP contribution in [0.4, 0.5) is 20.2 Å². The van der Waals surface area contributed by atoms with Crippen LogP contribution in [0.25, 0.3) is 0 Å². The largest absolute Gasteiger partial charge is 0.325 e. The third-order valence-corrected chi connectivity index (χ3v) is 6.93. The number of halogens is 4. The molecular formula is C21H17Cl2F2N3O2S2. The molecule has 0 aliphatic carbocycles. The standard InChI is InChI=1S/C21H17Cl2F2N3O2S2/c1-2-10-28-19(30)16(11-17(29)27-15-5-3-4-14(22)18(15)23)32-21(28)26-12-6-8-13(9-7-12)31-20(24)25/h2-9,16,20H,1,10-11H2,(H,27,29)/t16-/m1/s1. The zero-order valence-corrected chi connectivity index (χ0v) is 19.6. The molecule has 2 amide bonds. The molecule has 3 rings (SSSR count). The molecule has 1 aliphatic heterocycles. The first-order valence-electron chi connectivity index (χ1n) is 9.25. The number of aliphatic imine (C=N–C) groups is 1. The quantitative estimate of drug-likeness (QED) is 0.324. The van der Waals surface area contributed by atoms with E-state index in [1.54, 1.807) is 36.4 Å². The molecule has 2 aromatic rings. The van der Waals surface area contributed by atoms with Gasteiger partial charge in [-0.3, -0.25) is 14.5 Å². The number of thioether (sulfide) groups is 2. The van der Waals surface area contributed by atoms with Gasteiger partial charge in [-0.2, -0.15) is 8.78 Å². The van der Waals surface area contributed by atoms with Crippen molar-refractivity contribution in [3.05, 3.63) is 65.2 Å². The van der Waals surface area contributed by atoms with Crippen molar-refractivity contribution in [2.75, 3.05) is 11.9 Å². The highest BCUT2D eigenvalue weighted by Crippen LogP contribution is 2.34. The van der Waals surface area contributed by atoms with Crippen LogP contribution in [0.3, 0.4) is 0 Å². The molecule has 5 nitrogen and oxygen atoms in total. The van der Waals surface area contributed by atoms with Gasteiger partial charge >= 0.3 is 0 Å². The van der Waals surface area contributed by atoms with Gasteiger partial charge in [0.05, 0.1) is 21.4 Å². The second-order valence-corrected chi connectivity index (χ2v) is 9.48. The molecule has 0 spiro atoms. The second-order valence-electron chi connectivity index (χ2n) is 6.46. The average molecular weight is 516 g/mol. The van der Waals surface area contributed by atoms with Crippen LogP contribution in [-0.4, -0.2) is 39.4 Å². The summed E-state index contributed by atoms with van der Waals surface area (Å²) in [6.07, 6.45) is 1.47. The Labute approximate surface area is 202 Å². The number of amides is 2. The summed E-state index contributed by atoms with van der Waals surface area (Å²) >= 11 is 13.7. The van der Waals surface area contributed by atoms with Crippen LogP contribution in [0.15, 0.2) is 65.0 Å². The predicted octanol–water partition coefficient (Wildman–Crippen LogP) is 6.45. The van der Waals surface area contributed by atoms with Crippen molar-refractivity contribution < 1.29 is 18.4 Å². The van der Waals surface area contributed by atoms with Gasteiger partial charge in [0.1, 0.15) is 5.25 Å². The molecular weight excluding hydrogens is 499 g/mol. The van der Waals surface area contributed by atoms with Crippen LogP contribution < -0.4 is 5.32 Å². The molecule has 1 N–H and O–H groups in total. The molecule has 11 heteroatoms. The van der Waals surface area contributed by atoms with Crippen molar-refractivity contribution in [1.82, 2.24) is 4.90 Å². The minimum atomic E-state index is -2.51. The minimum Gasteiger partial charge on any atom is -0.325 e. The lowest BCUT2D eigenvalue weighted by molar-refractivity contribution is -0.127. The lowest BCUT2D eigenvalue weighted by Gasteiger charge is -2.14. The number of nitrogens with one attached hydrogen (secondary N) is 1. The van der Waals surface area contributed by atoms with E-state index < -0.39 is 16.9 Å². The molecule has 0 bridgehead atoms. The van der Waals surface area contributed by atoms with Gasteiger partial charge in [0.2, 0.25) is 11.8 Å². The molecule has 1 atom stereocenters. The van der Waals surface area contributed by atoms with Crippen molar-refractivity contribution in [3.8, 4) is 0 Å². The second kappa shape index (κ2) is 11.2. The van der Waals surface area contributed by atoms with Gasteiger partial charge in [-0.05, 0) is 36.4 Å². The van der Waals surface area contributed by atoms with E-state index in [9.17, 15) is 18.4 Å². The maximum absolute atomic E-state index is 12.8. The van der Waals surface area contributed by atoms with E-state index in [0.717, 1.165) is 11.8 Å². The van der Waals surface area contributed by atoms with Crippen molar-refractivity contribution in [2.45, 2.75) is 22.3 Å². The summed E-state index contributed by atoms with van der Waals surface area (Å²) in [4.78, 5) is 31.7. The molecule has 1 heterocycles. The summed E-state index contributed by atoms with van der Waals surface area (Å²) in [5.41, 5.74) is 0.863. The Morgan fingerprint density at radius 2 is 2.00 bits per heavy atom. The first-order chi connectivity index (χ1) is 15.3. The Morgan fingerprint density at radius 1 is 1.28 bits per heavy atom. The van der Waals surface area contributed by atoms with E-state index in [0.29, 0.717) is 38.2 Å². The summed E-state index contributed by atoms with van der Waals surface area (Å²) in [5.74, 6) is -3.17. The maximum Gasteiger partial charge on any atom is 0.288 e. The number of hydrogen-bond acceptors (Lipinski definition) is 5. The number of nitrogens with zero attached hydrogens (tertiary/aromatic N) is 2. The number of carbonyl (C=O) groups excluding carboxylic acids is 2. The zero-order chi connectivity index (χ0) is 23.3. The van der Waals surface area contributed by atoms with E-state index >= 15 is 0 Å². The number of rotatable bonds is 8. The fourth-order valence-corrected chi connectivity index (χ4v) is 4.82. The Bertz CT molecular complexity index is 1050. The van der Waals surface area contributed by atoms with Crippen LogP contribution in [-0.2, 0) is 9.59 Å². The SMILES string of the molecule is C=CCN1C(=O)[C@@H](CC(=O)Nc2cccc(Cl)c2Cl)SC1=Nc1ccc(SC(F)F)cc1. The third-order valence-electron chi connectivity index (χ3n) is 4.21. The molecule has 1 aliphatic rings. The number of carbonyl (C=O) groups is 2. The summed E-state index contributed by atoms with van der Waals surface area (Å²) in [6.45, 7) is 3.89. The molecule has 0 saturated carbocycles. The molecule has 1 fully saturated rings. The Morgan fingerprint density at radius 3 is 2.66 bits per heavy atom. The highest BCUT2D eigenvalue weighted by Gasteiger charge is 2.38. The van der Waals surface area contributed by atoms with E-state index in [4.69, 9.17) is 23.2 Å². The Kier molecular flexibility index (Phi) is 8.58. The van der Waals surface area contributed by atoms with Crippen molar-refractivity contribution >= 4 is 75.1 Å². The number of hydrogen-bond donors (Lipinski definition) is 1. The lowest BCUT2D eigenvalue weighted by atomic mass is 10.2. The average Bonchev–Trinajstić information content (AvgIpc) is 3.01. The smallest absolute Gasteiger partial charge is 0.288 e. The highest BCUT2D eigenvalue weighted by atomic mass is 35.5. The molecule has 1 saturated heterocycles. The van der Waals surface area contributed by atoms with Gasteiger partial charge in [0.25, 0.3) is 5.76 Å². The minimum absolute atomic E-state index is 0.0943. The summed E-state index contributed by atoms with van der Waals surface area (Å²) in [5, 5.41) is 2.92. The topological polar surface area (TPSA) is 61.8 Å². The molecule has 32 heavy (non-hydrogen) atoms. The van der Waals surface area contributed by atoms with Crippen LogP contribution in [0.5, 0.6) is 0 Å². The van der Waals surface area contributed by atoms with E-state index in [1.807, 2.05) is 0 Å². The summed E-state index contributed by atoms with van der Waals surface area (Å²) in [6, 6.07) is 11.1. The van der Waals surface area contributed by atoms with Gasteiger partial charge in [0, 0.05) is 17.9 Å². The molecule has 2 aromatic carbocycles. The van der Waals surface area contributed by atoms with Gasteiger partial charge in [-0.25, -0.2) is 4.99 Å². The van der Waals surface area contributed by atoms with Crippen molar-refractivity contribution in [1.29, 1.82) is 0 Å². The van der Waals surface area contributed by atoms with Gasteiger partial charge < -0.3 is 5.32 Å². The van der Waals surface area contributed by atoms with Gasteiger partial charge in [0.15, 0.2) is 5.17 Å². The number of anilines is 1. The van der Waals surface area contributed by atoms with Crippen LogP contribution >= 0.6 is 46.7 Å². The molecule has 0 unspecified atom stereocenters. The zero-order valence-electron chi connectivity index (χ0n) is 16.4. The Hall–Kier alpha value is -2.07. The van der Waals surface area contributed by atoms with Crippen LogP contribution in [0.2, 0.25) is 10.0 Å². The fraction of sp³-hybridized carbons (Fsp3) is 0.190. The maximum atomic E-state index is 12.8. The van der Waals surface area contributed by atoms with Crippen LogP contribution in [0.1, 0.15) is 6.42 Å². The molecule has 0 radical (unpaired) electrons. The summed E-state index contributed by atoms with van der Waals surface area (Å²) in [7, 11) is 0.